The average molecular weight is 180 g/mol. The molecule has 0 atom stereocenters. The molecular formula is C5H3F3N2S. The normalized spacial score (nSPS) is 11.6. The van der Waals surface area contributed by atoms with Gasteiger partial charge >= 0.3 is 6.18 Å². The summed E-state index contributed by atoms with van der Waals surface area (Å²) in [6, 6.07) is 0.767. The molecule has 0 saturated carbocycles. The van der Waals surface area contributed by atoms with Gasteiger partial charge < -0.3 is 0 Å². The van der Waals surface area contributed by atoms with E-state index in [0.717, 1.165) is 12.4 Å². The van der Waals surface area contributed by atoms with Gasteiger partial charge in [0.2, 0.25) is 0 Å². The first kappa shape index (κ1) is 8.32. The second kappa shape index (κ2) is 2.69. The molecule has 0 aliphatic carbocycles. The van der Waals surface area contributed by atoms with Crippen molar-refractivity contribution < 1.29 is 13.2 Å². The molecule has 0 aromatic carbocycles. The predicted octanol–water partition coefficient (Wildman–Crippen LogP) is 1.78. The van der Waals surface area contributed by atoms with E-state index < -0.39 is 11.9 Å². The molecule has 11 heavy (non-hydrogen) atoms. The van der Waals surface area contributed by atoms with Gasteiger partial charge in [-0.05, 0) is 0 Å². The third kappa shape index (κ3) is 2.07. The molecule has 1 aromatic heterocycles. The summed E-state index contributed by atoms with van der Waals surface area (Å²) < 4.78 is 35.5. The van der Waals surface area contributed by atoms with Crippen LogP contribution < -0.4 is 0 Å². The number of thiol groups is 1. The van der Waals surface area contributed by atoms with Gasteiger partial charge in [0.1, 0.15) is 12.0 Å². The third-order valence-corrected chi connectivity index (χ3v) is 1.19. The number of hydrogen-bond donors (Lipinski definition) is 1. The van der Waals surface area contributed by atoms with E-state index in [0.29, 0.717) is 0 Å². The summed E-state index contributed by atoms with van der Waals surface area (Å²) in [6.07, 6.45) is -3.59. The van der Waals surface area contributed by atoms with Crippen molar-refractivity contribution in [1.29, 1.82) is 0 Å². The Hall–Kier alpha value is -0.780. The molecule has 60 valence electrons. The molecule has 0 unspecified atom stereocenters. The van der Waals surface area contributed by atoms with Gasteiger partial charge in [0.05, 0.1) is 5.03 Å². The summed E-state index contributed by atoms with van der Waals surface area (Å²) in [5.41, 5.74) is -0.975. The second-order valence-electron chi connectivity index (χ2n) is 1.76. The van der Waals surface area contributed by atoms with Crippen molar-refractivity contribution in [1.82, 2.24) is 9.97 Å². The Balaban J connectivity index is 3.06. The van der Waals surface area contributed by atoms with Crippen LogP contribution in [-0.4, -0.2) is 9.97 Å². The van der Waals surface area contributed by atoms with E-state index in [-0.39, 0.29) is 5.03 Å². The lowest BCUT2D eigenvalue weighted by molar-refractivity contribution is -0.141. The molecule has 0 spiro atoms. The molecule has 0 amide bonds. The number of nitrogens with zero attached hydrogens (tertiary/aromatic N) is 2. The van der Waals surface area contributed by atoms with Crippen LogP contribution in [-0.2, 0) is 6.18 Å². The van der Waals surface area contributed by atoms with Crippen LogP contribution in [0, 0.1) is 0 Å². The smallest absolute Gasteiger partial charge is 0.232 e. The maximum atomic E-state index is 11.8. The highest BCUT2D eigenvalue weighted by Gasteiger charge is 2.32. The van der Waals surface area contributed by atoms with Crippen molar-refractivity contribution in [2.24, 2.45) is 0 Å². The minimum atomic E-state index is -4.42. The van der Waals surface area contributed by atoms with E-state index in [2.05, 4.69) is 22.6 Å². The van der Waals surface area contributed by atoms with Gasteiger partial charge in [0.15, 0.2) is 0 Å². The topological polar surface area (TPSA) is 25.8 Å². The number of rotatable bonds is 0. The Morgan fingerprint density at radius 3 is 2.27 bits per heavy atom. The molecule has 6 heteroatoms. The number of hydrogen-bond acceptors (Lipinski definition) is 3. The first-order valence-electron chi connectivity index (χ1n) is 2.58. The minimum Gasteiger partial charge on any atom is -0.232 e. The second-order valence-corrected chi connectivity index (χ2v) is 2.22. The molecule has 1 aromatic rings. The van der Waals surface area contributed by atoms with Crippen molar-refractivity contribution >= 4 is 12.6 Å². The van der Waals surface area contributed by atoms with Crippen molar-refractivity contribution in [3.63, 3.8) is 0 Å². The van der Waals surface area contributed by atoms with Crippen LogP contribution in [0.1, 0.15) is 5.69 Å². The quantitative estimate of drug-likeness (QED) is 0.486. The summed E-state index contributed by atoms with van der Waals surface area (Å²) in [6.45, 7) is 0. The summed E-state index contributed by atoms with van der Waals surface area (Å²) in [7, 11) is 0. The van der Waals surface area contributed by atoms with Crippen molar-refractivity contribution in [2.75, 3.05) is 0 Å². The highest BCUT2D eigenvalue weighted by atomic mass is 32.1. The Kier molecular flexibility index (Phi) is 2.03. The SMILES string of the molecule is FC(F)(F)c1cc(S)ncn1. The van der Waals surface area contributed by atoms with Gasteiger partial charge in [0.25, 0.3) is 0 Å². The summed E-state index contributed by atoms with van der Waals surface area (Å²) in [4.78, 5) is 6.43. The first-order chi connectivity index (χ1) is 5.00. The fourth-order valence-electron chi connectivity index (χ4n) is 0.502. The molecule has 0 saturated heterocycles. The highest BCUT2D eigenvalue weighted by molar-refractivity contribution is 7.80. The Bertz CT molecular complexity index is 260. The molecule has 0 aliphatic rings. The summed E-state index contributed by atoms with van der Waals surface area (Å²) in [5, 5.41) is 0.00678. The lowest BCUT2D eigenvalue weighted by Crippen LogP contribution is -2.07. The Morgan fingerprint density at radius 1 is 1.27 bits per heavy atom. The molecule has 0 bridgehead atoms. The molecule has 0 aliphatic heterocycles. The molecule has 1 rings (SSSR count). The Morgan fingerprint density at radius 2 is 1.91 bits per heavy atom. The molecule has 2 nitrogen and oxygen atoms in total. The van der Waals surface area contributed by atoms with Gasteiger partial charge in [-0.2, -0.15) is 13.2 Å². The number of halogens is 3. The zero-order chi connectivity index (χ0) is 8.48. The molecule has 0 radical (unpaired) electrons. The van der Waals surface area contributed by atoms with E-state index in [4.69, 9.17) is 0 Å². The van der Waals surface area contributed by atoms with Crippen LogP contribution in [0.3, 0.4) is 0 Å². The van der Waals surface area contributed by atoms with Crippen LogP contribution in [0.4, 0.5) is 13.2 Å². The van der Waals surface area contributed by atoms with Crippen LogP contribution in [0.15, 0.2) is 17.4 Å². The fraction of sp³-hybridized carbons (Fsp3) is 0.200. The third-order valence-electron chi connectivity index (χ3n) is 0.943. The van der Waals surface area contributed by atoms with E-state index in [1.807, 2.05) is 0 Å². The van der Waals surface area contributed by atoms with Crippen LogP contribution >= 0.6 is 12.6 Å². The molecular weight excluding hydrogens is 177 g/mol. The first-order valence-corrected chi connectivity index (χ1v) is 3.03. The van der Waals surface area contributed by atoms with Gasteiger partial charge in [0, 0.05) is 6.07 Å². The van der Waals surface area contributed by atoms with Crippen molar-refractivity contribution in [2.45, 2.75) is 11.2 Å². The van der Waals surface area contributed by atoms with Crippen LogP contribution in [0.5, 0.6) is 0 Å². The fourth-order valence-corrected chi connectivity index (χ4v) is 0.676. The zero-order valence-corrected chi connectivity index (χ0v) is 6.02. The van der Waals surface area contributed by atoms with Gasteiger partial charge in [-0.3, -0.25) is 0 Å². The number of alkyl halides is 3. The van der Waals surface area contributed by atoms with Crippen molar-refractivity contribution in [3.05, 3.63) is 18.1 Å². The van der Waals surface area contributed by atoms with E-state index in [9.17, 15) is 13.2 Å². The molecule has 0 N–H and O–H groups in total. The summed E-state index contributed by atoms with van der Waals surface area (Å²) >= 11 is 3.63. The molecule has 1 heterocycles. The summed E-state index contributed by atoms with van der Waals surface area (Å²) in [5.74, 6) is 0. The van der Waals surface area contributed by atoms with Crippen LogP contribution in [0.2, 0.25) is 0 Å². The standard InChI is InChI=1S/C5H3F3N2S/c6-5(7,8)3-1-4(11)10-2-9-3/h1-2H,(H,9,10,11). The molecule has 0 fully saturated rings. The predicted molar refractivity (Wildman–Crippen MR) is 34.3 cm³/mol. The monoisotopic (exact) mass is 180 g/mol. The largest absolute Gasteiger partial charge is 0.433 e. The van der Waals surface area contributed by atoms with Crippen molar-refractivity contribution in [3.8, 4) is 0 Å². The highest BCUT2D eigenvalue weighted by Crippen LogP contribution is 2.27. The van der Waals surface area contributed by atoms with Crippen LogP contribution in [0.25, 0.3) is 0 Å². The van der Waals surface area contributed by atoms with E-state index in [1.165, 1.54) is 0 Å². The maximum Gasteiger partial charge on any atom is 0.433 e. The van der Waals surface area contributed by atoms with E-state index >= 15 is 0 Å². The average Bonchev–Trinajstić information content (AvgIpc) is 1.86. The maximum absolute atomic E-state index is 11.8. The number of aromatic nitrogens is 2. The minimum absolute atomic E-state index is 0.00678. The zero-order valence-electron chi connectivity index (χ0n) is 5.13. The lowest BCUT2D eigenvalue weighted by atomic mass is 10.4. The van der Waals surface area contributed by atoms with Gasteiger partial charge in [-0.25, -0.2) is 9.97 Å². The Labute approximate surface area is 65.9 Å². The van der Waals surface area contributed by atoms with Gasteiger partial charge in [-0.15, -0.1) is 12.6 Å². The lowest BCUT2D eigenvalue weighted by Gasteiger charge is -2.03. The van der Waals surface area contributed by atoms with E-state index in [1.54, 1.807) is 0 Å². The van der Waals surface area contributed by atoms with Gasteiger partial charge in [-0.1, -0.05) is 0 Å².